The minimum Gasteiger partial charge on any atom is -0.495 e. The van der Waals surface area contributed by atoms with E-state index >= 15 is 0 Å². The Morgan fingerprint density at radius 1 is 1.30 bits per heavy atom. The third kappa shape index (κ3) is 6.25. The van der Waals surface area contributed by atoms with Crippen LogP contribution in [0.25, 0.3) is 0 Å². The third-order valence-electron chi connectivity index (χ3n) is 3.83. The zero-order valence-electron chi connectivity index (χ0n) is 16.4. The molecule has 0 saturated carbocycles. The lowest BCUT2D eigenvalue weighted by Crippen LogP contribution is -2.36. The molecule has 0 bridgehead atoms. The standard InChI is InChI=1S/C19H27N5O2S/c1-12(2)16-11-27-18(24-16)10-22-19(20-4)21-9-14-6-7-17(26-5)15(8-14)23-13(3)25/h6-8,11-12H,9-10H2,1-5H3,(H,23,25)(H2,20,21,22). The Balaban J connectivity index is 1.94. The van der Waals surface area contributed by atoms with E-state index in [2.05, 4.69) is 45.2 Å². The predicted octanol–water partition coefficient (Wildman–Crippen LogP) is 3.10. The second-order valence-corrected chi connectivity index (χ2v) is 7.26. The first kappa shape index (κ1) is 20.7. The van der Waals surface area contributed by atoms with E-state index in [4.69, 9.17) is 4.74 Å². The summed E-state index contributed by atoms with van der Waals surface area (Å²) in [7, 11) is 3.31. The lowest BCUT2D eigenvalue weighted by Gasteiger charge is -2.13. The number of methoxy groups -OCH3 is 1. The molecule has 3 N–H and O–H groups in total. The molecule has 0 aliphatic carbocycles. The molecule has 146 valence electrons. The van der Waals surface area contributed by atoms with E-state index in [-0.39, 0.29) is 5.91 Å². The van der Waals surface area contributed by atoms with Crippen molar-refractivity contribution < 1.29 is 9.53 Å². The van der Waals surface area contributed by atoms with E-state index in [1.54, 1.807) is 25.5 Å². The molecular weight excluding hydrogens is 362 g/mol. The molecule has 0 radical (unpaired) electrons. The van der Waals surface area contributed by atoms with E-state index in [0.29, 0.717) is 36.4 Å². The van der Waals surface area contributed by atoms with Gasteiger partial charge in [-0.05, 0) is 23.6 Å². The summed E-state index contributed by atoms with van der Waals surface area (Å²) < 4.78 is 5.28. The Morgan fingerprint density at radius 2 is 2.04 bits per heavy atom. The first-order valence-electron chi connectivity index (χ1n) is 8.76. The number of nitrogens with zero attached hydrogens (tertiary/aromatic N) is 2. The van der Waals surface area contributed by atoms with Crippen LogP contribution in [0.5, 0.6) is 5.75 Å². The molecule has 0 aliphatic heterocycles. The monoisotopic (exact) mass is 389 g/mol. The third-order valence-corrected chi connectivity index (χ3v) is 4.69. The van der Waals surface area contributed by atoms with Crippen LogP contribution in [0.3, 0.4) is 0 Å². The molecule has 1 amide bonds. The van der Waals surface area contributed by atoms with E-state index in [1.165, 1.54) is 6.92 Å². The van der Waals surface area contributed by atoms with Gasteiger partial charge in [0, 0.05) is 25.9 Å². The molecule has 2 rings (SSSR count). The van der Waals surface area contributed by atoms with Crippen molar-refractivity contribution in [3.63, 3.8) is 0 Å². The number of ether oxygens (including phenoxy) is 1. The molecule has 27 heavy (non-hydrogen) atoms. The molecule has 8 heteroatoms. The van der Waals surface area contributed by atoms with Crippen LogP contribution >= 0.6 is 11.3 Å². The number of amides is 1. The summed E-state index contributed by atoms with van der Waals surface area (Å²) in [6.45, 7) is 6.93. The number of benzene rings is 1. The quantitative estimate of drug-likeness (QED) is 0.500. The van der Waals surface area contributed by atoms with Crippen LogP contribution in [0.4, 0.5) is 5.69 Å². The van der Waals surface area contributed by atoms with E-state index in [9.17, 15) is 4.79 Å². The maximum atomic E-state index is 11.4. The minimum absolute atomic E-state index is 0.139. The second-order valence-electron chi connectivity index (χ2n) is 6.32. The highest BCUT2D eigenvalue weighted by molar-refractivity contribution is 7.09. The molecular formula is C19H27N5O2S. The summed E-state index contributed by atoms with van der Waals surface area (Å²) in [5.41, 5.74) is 2.76. The Bertz CT molecular complexity index is 801. The molecule has 0 spiro atoms. The van der Waals surface area contributed by atoms with Gasteiger partial charge in [0.15, 0.2) is 5.96 Å². The van der Waals surface area contributed by atoms with Crippen LogP contribution in [-0.4, -0.2) is 31.0 Å². The van der Waals surface area contributed by atoms with E-state index in [1.807, 2.05) is 18.2 Å². The number of rotatable bonds is 7. The van der Waals surface area contributed by atoms with E-state index in [0.717, 1.165) is 16.3 Å². The van der Waals surface area contributed by atoms with Crippen molar-refractivity contribution in [3.8, 4) is 5.75 Å². The van der Waals surface area contributed by atoms with Crippen LogP contribution in [0, 0.1) is 0 Å². The summed E-state index contributed by atoms with van der Waals surface area (Å²) in [6.07, 6.45) is 0. The smallest absolute Gasteiger partial charge is 0.221 e. The van der Waals surface area contributed by atoms with Gasteiger partial charge >= 0.3 is 0 Å². The molecule has 7 nitrogen and oxygen atoms in total. The zero-order valence-corrected chi connectivity index (χ0v) is 17.2. The van der Waals surface area contributed by atoms with E-state index < -0.39 is 0 Å². The van der Waals surface area contributed by atoms with Gasteiger partial charge in [-0.2, -0.15) is 0 Å². The normalized spacial score (nSPS) is 11.4. The van der Waals surface area contributed by atoms with Crippen LogP contribution in [-0.2, 0) is 17.9 Å². The Kier molecular flexibility index (Phi) is 7.60. The predicted molar refractivity (Wildman–Crippen MR) is 111 cm³/mol. The van der Waals surface area contributed by atoms with Crippen LogP contribution in [0.1, 0.15) is 43.0 Å². The fraction of sp³-hybridized carbons (Fsp3) is 0.421. The van der Waals surface area contributed by atoms with Crippen molar-refractivity contribution in [2.45, 2.75) is 39.8 Å². The maximum absolute atomic E-state index is 11.4. The van der Waals surface area contributed by atoms with Gasteiger partial charge in [0.2, 0.25) is 5.91 Å². The average Bonchev–Trinajstić information content (AvgIpc) is 3.11. The average molecular weight is 390 g/mol. The SMILES string of the molecule is CN=C(NCc1ccc(OC)c(NC(C)=O)c1)NCc1nc(C(C)C)cs1. The number of hydrogen-bond acceptors (Lipinski definition) is 5. The molecule has 0 unspecified atom stereocenters. The number of carbonyl (C=O) groups excluding carboxylic acids is 1. The number of guanidine groups is 1. The first-order chi connectivity index (χ1) is 12.9. The number of hydrogen-bond donors (Lipinski definition) is 3. The highest BCUT2D eigenvalue weighted by Crippen LogP contribution is 2.25. The van der Waals surface area contributed by atoms with Crippen molar-refractivity contribution in [1.82, 2.24) is 15.6 Å². The number of anilines is 1. The topological polar surface area (TPSA) is 87.6 Å². The van der Waals surface area contributed by atoms with Crippen molar-refractivity contribution in [2.75, 3.05) is 19.5 Å². The Labute approximate surface area is 164 Å². The largest absolute Gasteiger partial charge is 0.495 e. The first-order valence-corrected chi connectivity index (χ1v) is 9.64. The number of thiazole rings is 1. The number of carbonyl (C=O) groups is 1. The molecule has 1 aromatic heterocycles. The fourth-order valence-electron chi connectivity index (χ4n) is 2.39. The lowest BCUT2D eigenvalue weighted by atomic mass is 10.2. The van der Waals surface area contributed by atoms with Crippen molar-refractivity contribution in [3.05, 3.63) is 39.8 Å². The van der Waals surface area contributed by atoms with Crippen LogP contribution < -0.4 is 20.7 Å². The van der Waals surface area contributed by atoms with Gasteiger partial charge in [-0.25, -0.2) is 4.98 Å². The minimum atomic E-state index is -0.139. The van der Waals surface area contributed by atoms with Gasteiger partial charge in [0.05, 0.1) is 25.0 Å². The highest BCUT2D eigenvalue weighted by Gasteiger charge is 2.08. The molecule has 2 aromatic rings. The molecule has 0 saturated heterocycles. The molecule has 1 heterocycles. The van der Waals surface area contributed by atoms with Crippen molar-refractivity contribution >= 4 is 28.9 Å². The van der Waals surface area contributed by atoms with Crippen LogP contribution in [0.2, 0.25) is 0 Å². The van der Waals surface area contributed by atoms with Crippen LogP contribution in [0.15, 0.2) is 28.6 Å². The maximum Gasteiger partial charge on any atom is 0.221 e. The molecule has 0 fully saturated rings. The fourth-order valence-corrected chi connectivity index (χ4v) is 3.28. The molecule has 0 atom stereocenters. The molecule has 0 aliphatic rings. The summed E-state index contributed by atoms with van der Waals surface area (Å²) >= 11 is 1.65. The van der Waals surface area contributed by atoms with Crippen molar-refractivity contribution in [2.24, 2.45) is 4.99 Å². The van der Waals surface area contributed by atoms with Gasteiger partial charge in [0.25, 0.3) is 0 Å². The number of aliphatic imine (C=N–C) groups is 1. The second kappa shape index (κ2) is 9.91. The lowest BCUT2D eigenvalue weighted by molar-refractivity contribution is -0.114. The highest BCUT2D eigenvalue weighted by atomic mass is 32.1. The Hall–Kier alpha value is -2.61. The summed E-state index contributed by atoms with van der Waals surface area (Å²) in [6, 6.07) is 5.66. The van der Waals surface area contributed by atoms with Gasteiger partial charge < -0.3 is 20.7 Å². The summed E-state index contributed by atoms with van der Waals surface area (Å²) in [5, 5.41) is 12.4. The van der Waals surface area contributed by atoms with Crippen molar-refractivity contribution in [1.29, 1.82) is 0 Å². The zero-order chi connectivity index (χ0) is 19.8. The molecule has 1 aromatic carbocycles. The van der Waals surface area contributed by atoms with Gasteiger partial charge in [0.1, 0.15) is 10.8 Å². The summed E-state index contributed by atoms with van der Waals surface area (Å²) in [4.78, 5) is 20.2. The number of aromatic nitrogens is 1. The number of nitrogens with one attached hydrogen (secondary N) is 3. The summed E-state index contributed by atoms with van der Waals surface area (Å²) in [5.74, 6) is 1.61. The van der Waals surface area contributed by atoms with Gasteiger partial charge in [-0.3, -0.25) is 9.79 Å². The van der Waals surface area contributed by atoms with Gasteiger partial charge in [-0.15, -0.1) is 11.3 Å². The van der Waals surface area contributed by atoms with Gasteiger partial charge in [-0.1, -0.05) is 19.9 Å². The Morgan fingerprint density at radius 3 is 2.63 bits per heavy atom.